The van der Waals surface area contributed by atoms with Crippen LogP contribution in [-0.2, 0) is 0 Å². The number of halogens is 1. The molecule has 2 nitrogen and oxygen atoms in total. The summed E-state index contributed by atoms with van der Waals surface area (Å²) in [5.41, 5.74) is 8.11. The van der Waals surface area contributed by atoms with Gasteiger partial charge in [-0.15, -0.1) is 0 Å². The molecule has 3 N–H and O–H groups in total. The molecule has 84 valence electrons. The summed E-state index contributed by atoms with van der Waals surface area (Å²) in [5.74, 6) is 0. The van der Waals surface area contributed by atoms with Crippen molar-refractivity contribution in [1.82, 2.24) is 0 Å². The number of rotatable bonds is 4. The van der Waals surface area contributed by atoms with Crippen molar-refractivity contribution < 1.29 is 0 Å². The lowest BCUT2D eigenvalue weighted by Crippen LogP contribution is -2.41. The van der Waals surface area contributed by atoms with Gasteiger partial charge in [-0.1, -0.05) is 22.9 Å². The summed E-state index contributed by atoms with van der Waals surface area (Å²) in [7, 11) is 0. The van der Waals surface area contributed by atoms with Crippen molar-refractivity contribution in [2.45, 2.75) is 32.7 Å². The van der Waals surface area contributed by atoms with E-state index in [1.807, 2.05) is 0 Å². The third-order valence-electron chi connectivity index (χ3n) is 2.72. The van der Waals surface area contributed by atoms with Crippen LogP contribution < -0.4 is 11.1 Å². The molecule has 1 rings (SSSR count). The van der Waals surface area contributed by atoms with Crippen LogP contribution in [0.2, 0.25) is 0 Å². The van der Waals surface area contributed by atoms with Gasteiger partial charge in [-0.2, -0.15) is 0 Å². The van der Waals surface area contributed by atoms with Crippen molar-refractivity contribution in [2.24, 2.45) is 5.73 Å². The van der Waals surface area contributed by atoms with Crippen LogP contribution in [-0.4, -0.2) is 12.1 Å². The SMILES string of the molecule is CCC(C)(CN)Nc1cc(C)cc(Br)c1. The van der Waals surface area contributed by atoms with Gasteiger partial charge in [0.15, 0.2) is 0 Å². The van der Waals surface area contributed by atoms with E-state index >= 15 is 0 Å². The summed E-state index contributed by atoms with van der Waals surface area (Å²) < 4.78 is 1.10. The van der Waals surface area contributed by atoms with Crippen LogP contribution in [0, 0.1) is 6.92 Å². The molecule has 0 bridgehead atoms. The number of nitrogens with two attached hydrogens (primary N) is 1. The Morgan fingerprint density at radius 1 is 1.40 bits per heavy atom. The number of hydrogen-bond acceptors (Lipinski definition) is 2. The highest BCUT2D eigenvalue weighted by atomic mass is 79.9. The lowest BCUT2D eigenvalue weighted by atomic mass is 9.98. The van der Waals surface area contributed by atoms with Crippen molar-refractivity contribution in [3.63, 3.8) is 0 Å². The van der Waals surface area contributed by atoms with Gasteiger partial charge in [0, 0.05) is 22.2 Å². The molecule has 0 radical (unpaired) electrons. The fourth-order valence-electron chi connectivity index (χ4n) is 1.44. The van der Waals surface area contributed by atoms with Gasteiger partial charge in [0.1, 0.15) is 0 Å². The molecule has 0 aliphatic carbocycles. The summed E-state index contributed by atoms with van der Waals surface area (Å²) in [4.78, 5) is 0. The Bertz CT molecular complexity index is 312. The Hall–Kier alpha value is -0.540. The summed E-state index contributed by atoms with van der Waals surface area (Å²) in [6.07, 6.45) is 1.01. The number of hydrogen-bond donors (Lipinski definition) is 2. The third kappa shape index (κ3) is 3.50. The normalized spacial score (nSPS) is 14.7. The fourth-order valence-corrected chi connectivity index (χ4v) is 2.05. The number of anilines is 1. The average Bonchev–Trinajstić information content (AvgIpc) is 2.16. The maximum absolute atomic E-state index is 5.77. The van der Waals surface area contributed by atoms with Crippen LogP contribution in [0.1, 0.15) is 25.8 Å². The maximum atomic E-state index is 5.77. The predicted molar refractivity (Wildman–Crippen MR) is 70.3 cm³/mol. The molecular weight excluding hydrogens is 252 g/mol. The largest absolute Gasteiger partial charge is 0.379 e. The zero-order valence-corrected chi connectivity index (χ0v) is 11.2. The van der Waals surface area contributed by atoms with Crippen LogP contribution in [0.4, 0.5) is 5.69 Å². The van der Waals surface area contributed by atoms with E-state index in [1.54, 1.807) is 0 Å². The molecule has 0 saturated carbocycles. The Kier molecular flexibility index (Phi) is 4.17. The van der Waals surface area contributed by atoms with Gasteiger partial charge in [0.05, 0.1) is 0 Å². The summed E-state index contributed by atoms with van der Waals surface area (Å²) >= 11 is 3.49. The Morgan fingerprint density at radius 3 is 2.53 bits per heavy atom. The number of benzene rings is 1. The van der Waals surface area contributed by atoms with Gasteiger partial charge in [-0.05, 0) is 44.0 Å². The molecule has 1 atom stereocenters. The van der Waals surface area contributed by atoms with E-state index in [0.717, 1.165) is 16.6 Å². The highest BCUT2D eigenvalue weighted by Gasteiger charge is 2.19. The highest BCUT2D eigenvalue weighted by Crippen LogP contribution is 2.23. The highest BCUT2D eigenvalue weighted by molar-refractivity contribution is 9.10. The van der Waals surface area contributed by atoms with E-state index in [4.69, 9.17) is 5.73 Å². The zero-order valence-electron chi connectivity index (χ0n) is 9.60. The molecule has 0 spiro atoms. The predicted octanol–water partition coefficient (Wildman–Crippen LogP) is 3.30. The first kappa shape index (κ1) is 12.5. The number of aryl methyl sites for hydroxylation is 1. The molecule has 0 fully saturated rings. The third-order valence-corrected chi connectivity index (χ3v) is 3.18. The van der Waals surface area contributed by atoms with Crippen molar-refractivity contribution in [2.75, 3.05) is 11.9 Å². The molecule has 1 unspecified atom stereocenters. The first-order valence-corrected chi connectivity index (χ1v) is 6.04. The second-order valence-corrected chi connectivity index (χ2v) is 5.18. The van der Waals surface area contributed by atoms with E-state index in [1.165, 1.54) is 5.56 Å². The monoisotopic (exact) mass is 270 g/mol. The zero-order chi connectivity index (χ0) is 11.5. The minimum atomic E-state index is -0.0206. The fraction of sp³-hybridized carbons (Fsp3) is 0.500. The van der Waals surface area contributed by atoms with Gasteiger partial charge in [0.2, 0.25) is 0 Å². The van der Waals surface area contributed by atoms with Crippen LogP contribution in [0.3, 0.4) is 0 Å². The molecule has 0 aliphatic rings. The Balaban J connectivity index is 2.88. The van der Waals surface area contributed by atoms with Crippen molar-refractivity contribution in [3.8, 4) is 0 Å². The minimum Gasteiger partial charge on any atom is -0.379 e. The van der Waals surface area contributed by atoms with Crippen molar-refractivity contribution in [1.29, 1.82) is 0 Å². The molecule has 0 amide bonds. The average molecular weight is 271 g/mol. The van der Waals surface area contributed by atoms with Crippen molar-refractivity contribution in [3.05, 3.63) is 28.2 Å². The lowest BCUT2D eigenvalue weighted by Gasteiger charge is -2.29. The maximum Gasteiger partial charge on any atom is 0.0465 e. The number of nitrogens with one attached hydrogen (secondary N) is 1. The van der Waals surface area contributed by atoms with E-state index in [9.17, 15) is 0 Å². The molecule has 0 heterocycles. The summed E-state index contributed by atoms with van der Waals surface area (Å²) in [6.45, 7) is 7.00. The van der Waals surface area contributed by atoms with Gasteiger partial charge in [0.25, 0.3) is 0 Å². The van der Waals surface area contributed by atoms with Gasteiger partial charge in [-0.3, -0.25) is 0 Å². The quantitative estimate of drug-likeness (QED) is 0.881. The topological polar surface area (TPSA) is 38.0 Å². The van der Waals surface area contributed by atoms with E-state index in [2.05, 4.69) is 60.2 Å². The molecule has 3 heteroatoms. The summed E-state index contributed by atoms with van der Waals surface area (Å²) in [5, 5.41) is 3.48. The van der Waals surface area contributed by atoms with Gasteiger partial charge < -0.3 is 11.1 Å². The Labute approximate surface area is 100 Å². The standard InChI is InChI=1S/C12H19BrN2/c1-4-12(3,8-14)15-11-6-9(2)5-10(13)7-11/h5-7,15H,4,8,14H2,1-3H3. The molecule has 0 aliphatic heterocycles. The first-order valence-electron chi connectivity index (χ1n) is 5.24. The van der Waals surface area contributed by atoms with Crippen LogP contribution >= 0.6 is 15.9 Å². The molecule has 0 aromatic heterocycles. The van der Waals surface area contributed by atoms with Crippen LogP contribution in [0.5, 0.6) is 0 Å². The van der Waals surface area contributed by atoms with Crippen LogP contribution in [0.15, 0.2) is 22.7 Å². The second-order valence-electron chi connectivity index (χ2n) is 4.26. The van der Waals surface area contributed by atoms with Crippen LogP contribution in [0.25, 0.3) is 0 Å². The van der Waals surface area contributed by atoms with E-state index in [0.29, 0.717) is 6.54 Å². The van der Waals surface area contributed by atoms with E-state index < -0.39 is 0 Å². The molecule has 1 aromatic carbocycles. The second kappa shape index (κ2) is 4.99. The first-order chi connectivity index (χ1) is 6.99. The molecule has 15 heavy (non-hydrogen) atoms. The molecular formula is C12H19BrN2. The lowest BCUT2D eigenvalue weighted by molar-refractivity contribution is 0.506. The smallest absolute Gasteiger partial charge is 0.0465 e. The van der Waals surface area contributed by atoms with E-state index in [-0.39, 0.29) is 5.54 Å². The minimum absolute atomic E-state index is 0.0206. The Morgan fingerprint density at radius 2 is 2.07 bits per heavy atom. The van der Waals surface area contributed by atoms with Crippen molar-refractivity contribution >= 4 is 21.6 Å². The molecule has 1 aromatic rings. The molecule has 0 saturated heterocycles. The summed E-state index contributed by atoms with van der Waals surface area (Å²) in [6, 6.07) is 6.31. The van der Waals surface area contributed by atoms with Gasteiger partial charge >= 0.3 is 0 Å². The van der Waals surface area contributed by atoms with Gasteiger partial charge in [-0.25, -0.2) is 0 Å².